The maximum absolute atomic E-state index is 13.8. The Balaban J connectivity index is 2.60. The average molecular weight is 320 g/mol. The van der Waals surface area contributed by atoms with E-state index in [0.717, 1.165) is 12.7 Å². The van der Waals surface area contributed by atoms with E-state index in [4.69, 9.17) is 13.7 Å². The van der Waals surface area contributed by atoms with Gasteiger partial charge in [-0.05, 0) is 32.4 Å². The van der Waals surface area contributed by atoms with E-state index in [1.54, 1.807) is 6.07 Å². The molecule has 1 rings (SSSR count). The third-order valence-corrected chi connectivity index (χ3v) is 3.31. The third kappa shape index (κ3) is 6.77. The quantitative estimate of drug-likeness (QED) is 0.689. The zero-order valence-electron chi connectivity index (χ0n) is 12.6. The Bertz CT molecular complexity index is 558. The average Bonchev–Trinajstić information content (AvgIpc) is 2.35. The van der Waals surface area contributed by atoms with Crippen LogP contribution >= 0.6 is 0 Å². The number of halogens is 1. The van der Waals surface area contributed by atoms with Crippen molar-refractivity contribution in [1.29, 1.82) is 0 Å². The van der Waals surface area contributed by atoms with E-state index in [1.807, 2.05) is 13.8 Å². The van der Waals surface area contributed by atoms with Gasteiger partial charge in [-0.2, -0.15) is 8.42 Å². The van der Waals surface area contributed by atoms with Crippen LogP contribution in [-0.4, -0.2) is 33.5 Å². The first-order valence-corrected chi connectivity index (χ1v) is 8.50. The van der Waals surface area contributed by atoms with Crippen LogP contribution in [-0.2, 0) is 14.3 Å². The first-order chi connectivity index (χ1) is 9.71. The molecule has 2 atom stereocenters. The molecule has 0 aliphatic carbocycles. The van der Waals surface area contributed by atoms with Gasteiger partial charge in [-0.3, -0.25) is 4.18 Å². The van der Waals surface area contributed by atoms with Gasteiger partial charge in [0.05, 0.1) is 12.4 Å². The highest BCUT2D eigenvalue weighted by Gasteiger charge is 2.13. The van der Waals surface area contributed by atoms with Gasteiger partial charge in [0.25, 0.3) is 10.1 Å². The molecule has 120 valence electrons. The van der Waals surface area contributed by atoms with Crippen molar-refractivity contribution in [3.63, 3.8) is 0 Å². The fourth-order valence-electron chi connectivity index (χ4n) is 1.52. The van der Waals surface area contributed by atoms with Crippen molar-refractivity contribution in [3.8, 4) is 11.5 Å². The molecule has 0 aliphatic heterocycles. The van der Waals surface area contributed by atoms with E-state index >= 15 is 0 Å². The van der Waals surface area contributed by atoms with Gasteiger partial charge in [0.1, 0.15) is 18.5 Å². The van der Waals surface area contributed by atoms with E-state index < -0.39 is 22.0 Å². The highest BCUT2D eigenvalue weighted by atomic mass is 32.2. The van der Waals surface area contributed by atoms with Crippen molar-refractivity contribution in [3.05, 3.63) is 24.0 Å². The summed E-state index contributed by atoms with van der Waals surface area (Å²) in [7, 11) is -3.55. The van der Waals surface area contributed by atoms with Crippen LogP contribution in [0.15, 0.2) is 18.2 Å². The molecule has 7 heteroatoms. The lowest BCUT2D eigenvalue weighted by Gasteiger charge is -2.15. The maximum Gasteiger partial charge on any atom is 0.264 e. The maximum atomic E-state index is 13.8. The molecule has 0 aromatic heterocycles. The molecule has 0 heterocycles. The number of hydrogen-bond donors (Lipinski definition) is 0. The number of ether oxygens (including phenoxy) is 2. The number of rotatable bonds is 8. The minimum absolute atomic E-state index is 0.000601. The summed E-state index contributed by atoms with van der Waals surface area (Å²) in [4.78, 5) is 0. The largest absolute Gasteiger partial charge is 0.491 e. The predicted octanol–water partition coefficient (Wildman–Crippen LogP) is 2.75. The Morgan fingerprint density at radius 2 is 1.90 bits per heavy atom. The lowest BCUT2D eigenvalue weighted by molar-refractivity contribution is 0.146. The molecule has 0 saturated heterocycles. The molecule has 2 unspecified atom stereocenters. The normalized spacial score (nSPS) is 14.5. The van der Waals surface area contributed by atoms with Crippen molar-refractivity contribution < 1.29 is 26.5 Å². The molecular formula is C14H21FO5S. The van der Waals surface area contributed by atoms with Crippen molar-refractivity contribution in [2.24, 2.45) is 0 Å². The fourth-order valence-corrected chi connectivity index (χ4v) is 2.17. The summed E-state index contributed by atoms with van der Waals surface area (Å²) in [5.41, 5.74) is 0. The monoisotopic (exact) mass is 320 g/mol. The second-order valence-corrected chi connectivity index (χ2v) is 6.45. The first kappa shape index (κ1) is 17.7. The molecule has 0 spiro atoms. The first-order valence-electron chi connectivity index (χ1n) is 6.68. The standard InChI is InChI=1S/C14H21FO5S/c1-5-10(2)19-12-6-7-14(13(15)8-12)18-9-11(3)20-21(4,16)17/h6-8,10-11H,5,9H2,1-4H3. The van der Waals surface area contributed by atoms with Crippen LogP contribution in [0.4, 0.5) is 4.39 Å². The molecule has 0 radical (unpaired) electrons. The Hall–Kier alpha value is -1.34. The molecule has 1 aromatic rings. The van der Waals surface area contributed by atoms with Crippen LogP contribution < -0.4 is 9.47 Å². The van der Waals surface area contributed by atoms with E-state index in [1.165, 1.54) is 19.1 Å². The van der Waals surface area contributed by atoms with Gasteiger partial charge in [0.2, 0.25) is 0 Å². The summed E-state index contributed by atoms with van der Waals surface area (Å²) in [6.45, 7) is 5.32. The molecule has 0 aliphatic rings. The van der Waals surface area contributed by atoms with E-state index in [-0.39, 0.29) is 18.5 Å². The molecule has 0 N–H and O–H groups in total. The zero-order chi connectivity index (χ0) is 16.0. The Morgan fingerprint density at radius 1 is 1.24 bits per heavy atom. The lowest BCUT2D eigenvalue weighted by atomic mass is 10.3. The SMILES string of the molecule is CCC(C)Oc1ccc(OCC(C)OS(C)(=O)=O)c(F)c1. The van der Waals surface area contributed by atoms with Crippen molar-refractivity contribution in [2.45, 2.75) is 39.4 Å². The summed E-state index contributed by atoms with van der Waals surface area (Å²) < 4.78 is 51.1. The van der Waals surface area contributed by atoms with Crippen molar-refractivity contribution >= 4 is 10.1 Å². The second-order valence-electron chi connectivity index (χ2n) is 4.85. The molecule has 0 bridgehead atoms. The molecule has 0 amide bonds. The van der Waals surface area contributed by atoms with Crippen LogP contribution in [0.25, 0.3) is 0 Å². The minimum Gasteiger partial charge on any atom is -0.491 e. The molecule has 21 heavy (non-hydrogen) atoms. The molecule has 1 aromatic carbocycles. The summed E-state index contributed by atoms with van der Waals surface area (Å²) in [6.07, 6.45) is 1.07. The number of hydrogen-bond acceptors (Lipinski definition) is 5. The van der Waals surface area contributed by atoms with Crippen LogP contribution in [0, 0.1) is 5.82 Å². The van der Waals surface area contributed by atoms with E-state index in [0.29, 0.717) is 5.75 Å². The second kappa shape index (κ2) is 7.61. The zero-order valence-corrected chi connectivity index (χ0v) is 13.4. The lowest BCUT2D eigenvalue weighted by Crippen LogP contribution is -2.21. The molecule has 5 nitrogen and oxygen atoms in total. The van der Waals surface area contributed by atoms with Gasteiger partial charge in [0.15, 0.2) is 11.6 Å². The highest BCUT2D eigenvalue weighted by molar-refractivity contribution is 7.86. The Kier molecular flexibility index (Phi) is 6.42. The van der Waals surface area contributed by atoms with Gasteiger partial charge in [-0.1, -0.05) is 6.92 Å². The van der Waals surface area contributed by atoms with Crippen molar-refractivity contribution in [2.75, 3.05) is 12.9 Å². The third-order valence-electron chi connectivity index (χ3n) is 2.63. The van der Waals surface area contributed by atoms with Crippen LogP contribution in [0.5, 0.6) is 11.5 Å². The Labute approximate surface area is 125 Å². The summed E-state index contributed by atoms with van der Waals surface area (Å²) in [6, 6.07) is 4.29. The van der Waals surface area contributed by atoms with E-state index in [9.17, 15) is 12.8 Å². The van der Waals surface area contributed by atoms with Gasteiger partial charge in [-0.15, -0.1) is 0 Å². The fraction of sp³-hybridized carbons (Fsp3) is 0.571. The van der Waals surface area contributed by atoms with Crippen LogP contribution in [0.2, 0.25) is 0 Å². The summed E-state index contributed by atoms with van der Waals surface area (Å²) in [5.74, 6) is -0.118. The molecular weight excluding hydrogens is 299 g/mol. The van der Waals surface area contributed by atoms with Crippen LogP contribution in [0.3, 0.4) is 0 Å². The minimum atomic E-state index is -3.55. The summed E-state index contributed by atoms with van der Waals surface area (Å²) >= 11 is 0. The van der Waals surface area contributed by atoms with Gasteiger partial charge in [-0.25, -0.2) is 4.39 Å². The molecule has 0 saturated carbocycles. The van der Waals surface area contributed by atoms with Gasteiger partial charge in [0, 0.05) is 6.07 Å². The number of benzene rings is 1. The van der Waals surface area contributed by atoms with Gasteiger partial charge < -0.3 is 9.47 Å². The van der Waals surface area contributed by atoms with Gasteiger partial charge >= 0.3 is 0 Å². The van der Waals surface area contributed by atoms with E-state index in [2.05, 4.69) is 0 Å². The topological polar surface area (TPSA) is 61.8 Å². The van der Waals surface area contributed by atoms with Crippen molar-refractivity contribution in [1.82, 2.24) is 0 Å². The summed E-state index contributed by atoms with van der Waals surface area (Å²) in [5, 5.41) is 0. The molecule has 0 fully saturated rings. The van der Waals surface area contributed by atoms with Crippen LogP contribution in [0.1, 0.15) is 27.2 Å². The Morgan fingerprint density at radius 3 is 2.43 bits per heavy atom. The highest BCUT2D eigenvalue weighted by Crippen LogP contribution is 2.24. The smallest absolute Gasteiger partial charge is 0.264 e. The predicted molar refractivity (Wildman–Crippen MR) is 77.7 cm³/mol.